The van der Waals surface area contributed by atoms with Gasteiger partial charge in [0.05, 0.1) is 4.91 Å². The van der Waals surface area contributed by atoms with Gasteiger partial charge in [-0.15, -0.1) is 0 Å². The van der Waals surface area contributed by atoms with Gasteiger partial charge in [0.2, 0.25) is 0 Å². The van der Waals surface area contributed by atoms with E-state index in [-0.39, 0.29) is 12.3 Å². The van der Waals surface area contributed by atoms with Crippen molar-refractivity contribution >= 4 is 51.9 Å². The van der Waals surface area contributed by atoms with Crippen LogP contribution in [0.5, 0.6) is 0 Å². The molecule has 5 nitrogen and oxygen atoms in total. The van der Waals surface area contributed by atoms with Gasteiger partial charge in [-0.25, -0.2) is 0 Å². The average molecular weight is 378 g/mol. The van der Waals surface area contributed by atoms with Gasteiger partial charge < -0.3 is 14.8 Å². The van der Waals surface area contributed by atoms with Crippen molar-refractivity contribution in [1.29, 1.82) is 0 Å². The largest absolute Gasteiger partial charge is 0.550 e. The Labute approximate surface area is 157 Å². The maximum atomic E-state index is 12.5. The normalized spacial score (nSPS) is 15.9. The summed E-state index contributed by atoms with van der Waals surface area (Å²) in [7, 11) is 3.96. The highest BCUT2D eigenvalue weighted by Crippen LogP contribution is 2.33. The van der Waals surface area contributed by atoms with Crippen LogP contribution in [0.25, 0.3) is 6.08 Å². The maximum Gasteiger partial charge on any atom is 0.266 e. The van der Waals surface area contributed by atoms with Crippen LogP contribution < -0.4 is 10.0 Å². The monoisotopic (exact) mass is 377 g/mol. The van der Waals surface area contributed by atoms with E-state index in [2.05, 4.69) is 0 Å². The second kappa shape index (κ2) is 9.01. The summed E-state index contributed by atoms with van der Waals surface area (Å²) in [6.45, 7) is 0.522. The lowest BCUT2D eigenvalue weighted by molar-refractivity contribution is -0.305. The van der Waals surface area contributed by atoms with Crippen LogP contribution in [-0.2, 0) is 9.59 Å². The molecule has 1 amide bonds. The number of thiocarbonyl (C=S) groups is 1. The van der Waals surface area contributed by atoms with Crippen LogP contribution in [0.1, 0.15) is 31.2 Å². The van der Waals surface area contributed by atoms with Gasteiger partial charge in [0.25, 0.3) is 5.91 Å². The maximum absolute atomic E-state index is 12.5. The molecule has 134 valence electrons. The van der Waals surface area contributed by atoms with E-state index in [1.807, 2.05) is 49.3 Å². The SMILES string of the molecule is CN(C)c1ccc(C=C2SC(=S)N(CCCCCC(=O)[O-])C2=O)cc1. The van der Waals surface area contributed by atoms with Crippen molar-refractivity contribution in [3.63, 3.8) is 0 Å². The molecular formula is C18H21N2O3S2-. The molecule has 0 unspecified atom stereocenters. The number of thioether (sulfide) groups is 1. The standard InChI is InChI=1S/C18H22N2O3S2/c1-19(2)14-9-7-13(8-10-14)12-15-17(23)20(18(24)25-15)11-5-3-4-6-16(21)22/h7-10,12H,3-6,11H2,1-2H3,(H,21,22)/p-1. The molecule has 1 saturated heterocycles. The van der Waals surface area contributed by atoms with E-state index >= 15 is 0 Å². The van der Waals surface area contributed by atoms with Gasteiger partial charge in [-0.2, -0.15) is 0 Å². The predicted molar refractivity (Wildman–Crippen MR) is 104 cm³/mol. The summed E-state index contributed by atoms with van der Waals surface area (Å²) in [5.74, 6) is -1.11. The highest BCUT2D eigenvalue weighted by molar-refractivity contribution is 8.26. The number of carboxylic acid groups (broad SMARTS) is 1. The summed E-state index contributed by atoms with van der Waals surface area (Å²) in [6, 6.07) is 7.96. The fourth-order valence-electron chi connectivity index (χ4n) is 2.43. The van der Waals surface area contributed by atoms with Crippen LogP contribution in [0.4, 0.5) is 5.69 Å². The number of nitrogens with zero attached hydrogens (tertiary/aromatic N) is 2. The van der Waals surface area contributed by atoms with Gasteiger partial charge in [0, 0.05) is 32.3 Å². The topological polar surface area (TPSA) is 63.7 Å². The minimum Gasteiger partial charge on any atom is -0.550 e. The zero-order valence-corrected chi connectivity index (χ0v) is 16.0. The molecule has 0 spiro atoms. The summed E-state index contributed by atoms with van der Waals surface area (Å²) >= 11 is 6.61. The molecule has 0 radical (unpaired) electrons. The third-order valence-electron chi connectivity index (χ3n) is 3.84. The Kier molecular flexibility index (Phi) is 7.01. The van der Waals surface area contributed by atoms with Crippen molar-refractivity contribution in [2.24, 2.45) is 0 Å². The number of benzene rings is 1. The molecule has 0 bridgehead atoms. The first-order valence-electron chi connectivity index (χ1n) is 8.11. The molecule has 1 aliphatic rings. The first-order valence-corrected chi connectivity index (χ1v) is 9.33. The van der Waals surface area contributed by atoms with Crippen molar-refractivity contribution in [2.45, 2.75) is 25.7 Å². The molecule has 0 saturated carbocycles. The van der Waals surface area contributed by atoms with Crippen LogP contribution in [0.3, 0.4) is 0 Å². The lowest BCUT2D eigenvalue weighted by Crippen LogP contribution is -2.29. The molecule has 1 aromatic rings. The Bertz CT molecular complexity index is 684. The van der Waals surface area contributed by atoms with E-state index in [9.17, 15) is 14.7 Å². The minimum absolute atomic E-state index is 0.0568. The highest BCUT2D eigenvalue weighted by Gasteiger charge is 2.31. The molecule has 0 aromatic heterocycles. The first-order chi connectivity index (χ1) is 11.9. The van der Waals surface area contributed by atoms with Crippen LogP contribution >= 0.6 is 24.0 Å². The van der Waals surface area contributed by atoms with Crippen LogP contribution in [0, 0.1) is 0 Å². The number of hydrogen-bond acceptors (Lipinski definition) is 6. The van der Waals surface area contributed by atoms with Crippen LogP contribution in [0.2, 0.25) is 0 Å². The number of carbonyl (C=O) groups excluding carboxylic acids is 2. The number of anilines is 1. The number of unbranched alkanes of at least 4 members (excludes halogenated alkanes) is 2. The van der Waals surface area contributed by atoms with E-state index in [4.69, 9.17) is 12.2 Å². The fourth-order valence-corrected chi connectivity index (χ4v) is 3.74. The lowest BCUT2D eigenvalue weighted by Gasteiger charge is -2.14. The Morgan fingerprint density at radius 1 is 1.24 bits per heavy atom. The summed E-state index contributed by atoms with van der Waals surface area (Å²) < 4.78 is 0.557. The molecule has 25 heavy (non-hydrogen) atoms. The lowest BCUT2D eigenvalue weighted by atomic mass is 10.1. The van der Waals surface area contributed by atoms with Crippen molar-refractivity contribution in [3.8, 4) is 0 Å². The van der Waals surface area contributed by atoms with E-state index in [1.54, 1.807) is 4.90 Å². The second-order valence-corrected chi connectivity index (χ2v) is 7.68. The van der Waals surface area contributed by atoms with E-state index in [1.165, 1.54) is 11.8 Å². The third-order valence-corrected chi connectivity index (χ3v) is 5.22. The van der Waals surface area contributed by atoms with Crippen molar-refractivity contribution < 1.29 is 14.7 Å². The van der Waals surface area contributed by atoms with Crippen molar-refractivity contribution in [3.05, 3.63) is 34.7 Å². The molecule has 1 aliphatic heterocycles. The number of aliphatic carboxylic acids is 1. The molecule has 0 aliphatic carbocycles. The summed E-state index contributed by atoms with van der Waals surface area (Å²) in [5.41, 5.74) is 2.06. The third kappa shape index (κ3) is 5.57. The van der Waals surface area contributed by atoms with Gasteiger partial charge in [-0.3, -0.25) is 9.69 Å². The first kappa shape index (κ1) is 19.5. The van der Waals surface area contributed by atoms with Gasteiger partial charge in [-0.1, -0.05) is 42.5 Å². The van der Waals surface area contributed by atoms with Gasteiger partial charge in [0.15, 0.2) is 0 Å². The number of carboxylic acids is 1. The van der Waals surface area contributed by atoms with E-state index in [0.717, 1.165) is 24.1 Å². The Morgan fingerprint density at radius 3 is 2.52 bits per heavy atom. The number of amides is 1. The minimum atomic E-state index is -1.03. The zero-order chi connectivity index (χ0) is 18.4. The summed E-state index contributed by atoms with van der Waals surface area (Å²) in [4.78, 5) is 27.1. The van der Waals surface area contributed by atoms with Gasteiger partial charge >= 0.3 is 0 Å². The Hall–Kier alpha value is -1.86. The molecule has 7 heteroatoms. The molecule has 2 rings (SSSR count). The van der Waals surface area contributed by atoms with E-state index < -0.39 is 5.97 Å². The smallest absolute Gasteiger partial charge is 0.266 e. The quantitative estimate of drug-likeness (QED) is 0.393. The Balaban J connectivity index is 1.94. The number of carbonyl (C=O) groups is 2. The highest BCUT2D eigenvalue weighted by atomic mass is 32.2. The molecule has 1 fully saturated rings. The molecule has 0 atom stereocenters. The predicted octanol–water partition coefficient (Wildman–Crippen LogP) is 2.26. The molecule has 1 aromatic carbocycles. The van der Waals surface area contributed by atoms with Crippen LogP contribution in [0.15, 0.2) is 29.2 Å². The number of hydrogen-bond donors (Lipinski definition) is 0. The number of rotatable bonds is 8. The average Bonchev–Trinajstić information content (AvgIpc) is 2.82. The zero-order valence-electron chi connectivity index (χ0n) is 14.4. The second-order valence-electron chi connectivity index (χ2n) is 6.00. The Morgan fingerprint density at radius 2 is 1.92 bits per heavy atom. The van der Waals surface area contributed by atoms with Gasteiger partial charge in [0.1, 0.15) is 4.32 Å². The summed E-state index contributed by atoms with van der Waals surface area (Å²) in [5, 5.41) is 10.4. The molecular weight excluding hydrogens is 356 g/mol. The fraction of sp³-hybridized carbons (Fsp3) is 0.389. The van der Waals surface area contributed by atoms with Gasteiger partial charge in [-0.05, 0) is 43.0 Å². The summed E-state index contributed by atoms with van der Waals surface area (Å²) in [6.07, 6.45) is 3.93. The van der Waals surface area contributed by atoms with Crippen molar-refractivity contribution in [2.75, 3.05) is 25.5 Å². The molecule has 0 N–H and O–H groups in total. The van der Waals surface area contributed by atoms with E-state index in [0.29, 0.717) is 22.2 Å². The molecule has 1 heterocycles. The van der Waals surface area contributed by atoms with Crippen LogP contribution in [-0.4, -0.2) is 41.7 Å². The van der Waals surface area contributed by atoms with Crippen molar-refractivity contribution in [1.82, 2.24) is 4.90 Å².